The molecule has 0 heterocycles. The number of hydrogen-bond donors (Lipinski definition) is 0. The van der Waals surface area contributed by atoms with Crippen LogP contribution in [0, 0.1) is 0 Å². The van der Waals surface area contributed by atoms with E-state index in [4.69, 9.17) is 4.74 Å². The fraction of sp³-hybridized carbons (Fsp3) is 0.0417. The molecule has 0 fully saturated rings. The van der Waals surface area contributed by atoms with Crippen LogP contribution >= 0.6 is 0 Å². The van der Waals surface area contributed by atoms with Gasteiger partial charge in [-0.05, 0) is 39.6 Å². The van der Waals surface area contributed by atoms with E-state index in [0.29, 0.717) is 12.2 Å². The molecule has 0 unspecified atom stereocenters. The Balaban J connectivity index is 1.61. The second-order valence-corrected chi connectivity index (χ2v) is 6.16. The van der Waals surface area contributed by atoms with Crippen LogP contribution in [0.15, 0.2) is 91.0 Å². The van der Waals surface area contributed by atoms with Crippen LogP contribution in [0.3, 0.4) is 0 Å². The lowest BCUT2D eigenvalue weighted by Crippen LogP contribution is -1.94. The first-order valence-corrected chi connectivity index (χ1v) is 8.59. The van der Waals surface area contributed by atoms with E-state index < -0.39 is 0 Å². The minimum Gasteiger partial charge on any atom is -0.489 e. The van der Waals surface area contributed by atoms with Crippen LogP contribution in [-0.4, -0.2) is 6.29 Å². The summed E-state index contributed by atoms with van der Waals surface area (Å²) in [4.78, 5) is 11.3. The van der Waals surface area contributed by atoms with Crippen molar-refractivity contribution < 1.29 is 9.53 Å². The molecular weight excluding hydrogens is 320 g/mol. The van der Waals surface area contributed by atoms with Gasteiger partial charge in [0.25, 0.3) is 0 Å². The Morgan fingerprint density at radius 3 is 2.12 bits per heavy atom. The Labute approximate surface area is 152 Å². The molecule has 0 N–H and O–H groups in total. The topological polar surface area (TPSA) is 26.3 Å². The van der Waals surface area contributed by atoms with Crippen LogP contribution in [0.1, 0.15) is 15.9 Å². The molecule has 0 aliphatic carbocycles. The second-order valence-electron chi connectivity index (χ2n) is 6.16. The van der Waals surface area contributed by atoms with Crippen molar-refractivity contribution in [2.45, 2.75) is 6.61 Å². The molecule has 0 aromatic heterocycles. The Bertz CT molecular complexity index is 1030. The average molecular weight is 338 g/mol. The number of rotatable bonds is 5. The molecule has 2 nitrogen and oxygen atoms in total. The molecule has 0 atom stereocenters. The Morgan fingerprint density at radius 2 is 1.38 bits per heavy atom. The highest BCUT2D eigenvalue weighted by molar-refractivity contribution is 6.05. The van der Waals surface area contributed by atoms with Crippen LogP contribution < -0.4 is 4.74 Å². The first-order valence-electron chi connectivity index (χ1n) is 8.59. The Kier molecular flexibility index (Phi) is 4.48. The molecule has 0 aliphatic rings. The van der Waals surface area contributed by atoms with Crippen LogP contribution in [0.4, 0.5) is 0 Å². The summed E-state index contributed by atoms with van der Waals surface area (Å²) in [5.41, 5.74) is 4.07. The SMILES string of the molecule is O=Cc1ccc(-c2ccc(OCc3ccccc3)cc2)c2ccccc12. The van der Waals surface area contributed by atoms with Gasteiger partial charge in [-0.15, -0.1) is 0 Å². The number of carbonyl (C=O) groups is 1. The molecule has 4 rings (SSSR count). The molecule has 4 aromatic rings. The van der Waals surface area contributed by atoms with Crippen LogP contribution in [0.2, 0.25) is 0 Å². The predicted molar refractivity (Wildman–Crippen MR) is 106 cm³/mol. The summed E-state index contributed by atoms with van der Waals surface area (Å²) in [5.74, 6) is 0.839. The third-order valence-corrected chi connectivity index (χ3v) is 4.50. The molecular formula is C24H18O2. The number of hydrogen-bond acceptors (Lipinski definition) is 2. The fourth-order valence-electron chi connectivity index (χ4n) is 3.15. The lowest BCUT2D eigenvalue weighted by atomic mass is 9.95. The van der Waals surface area contributed by atoms with Crippen molar-refractivity contribution in [2.75, 3.05) is 0 Å². The number of fused-ring (bicyclic) bond motifs is 1. The lowest BCUT2D eigenvalue weighted by molar-refractivity contribution is 0.112. The van der Waals surface area contributed by atoms with Gasteiger partial charge in [-0.1, -0.05) is 78.9 Å². The smallest absolute Gasteiger partial charge is 0.150 e. The maximum Gasteiger partial charge on any atom is 0.150 e. The van der Waals surface area contributed by atoms with E-state index in [-0.39, 0.29) is 0 Å². The largest absolute Gasteiger partial charge is 0.489 e. The van der Waals surface area contributed by atoms with Gasteiger partial charge >= 0.3 is 0 Å². The summed E-state index contributed by atoms with van der Waals surface area (Å²) in [5, 5.41) is 2.06. The predicted octanol–water partition coefficient (Wildman–Crippen LogP) is 5.90. The van der Waals surface area contributed by atoms with E-state index in [0.717, 1.165) is 39.5 Å². The van der Waals surface area contributed by atoms with Gasteiger partial charge in [-0.2, -0.15) is 0 Å². The third-order valence-electron chi connectivity index (χ3n) is 4.50. The third kappa shape index (κ3) is 3.22. The maximum absolute atomic E-state index is 11.3. The van der Waals surface area contributed by atoms with Crippen molar-refractivity contribution in [1.82, 2.24) is 0 Å². The van der Waals surface area contributed by atoms with Gasteiger partial charge in [0, 0.05) is 5.56 Å². The van der Waals surface area contributed by atoms with Gasteiger partial charge in [-0.3, -0.25) is 4.79 Å². The van der Waals surface area contributed by atoms with E-state index in [1.54, 1.807) is 0 Å². The zero-order valence-corrected chi connectivity index (χ0v) is 14.3. The number of carbonyl (C=O) groups excluding carboxylic acids is 1. The van der Waals surface area contributed by atoms with Crippen molar-refractivity contribution >= 4 is 17.1 Å². The standard InChI is InChI=1S/C24H18O2/c25-16-20-12-15-23(24-9-5-4-8-22(20)24)19-10-13-21(14-11-19)26-17-18-6-2-1-3-7-18/h1-16H,17H2. The molecule has 0 spiro atoms. The van der Waals surface area contributed by atoms with Gasteiger partial charge in [0.1, 0.15) is 12.4 Å². The molecule has 126 valence electrons. The number of aldehydes is 1. The number of benzene rings is 4. The maximum atomic E-state index is 11.3. The molecule has 2 heteroatoms. The zero-order chi connectivity index (χ0) is 17.8. The minimum absolute atomic E-state index is 0.553. The monoisotopic (exact) mass is 338 g/mol. The van der Waals surface area contributed by atoms with E-state index in [2.05, 4.69) is 30.3 Å². The van der Waals surface area contributed by atoms with Crippen LogP contribution in [-0.2, 0) is 6.61 Å². The van der Waals surface area contributed by atoms with Gasteiger partial charge in [0.05, 0.1) is 0 Å². The minimum atomic E-state index is 0.553. The molecule has 0 radical (unpaired) electrons. The van der Waals surface area contributed by atoms with Gasteiger partial charge in [0.2, 0.25) is 0 Å². The quantitative estimate of drug-likeness (QED) is 0.424. The van der Waals surface area contributed by atoms with Gasteiger partial charge in [-0.25, -0.2) is 0 Å². The summed E-state index contributed by atoms with van der Waals surface area (Å²) in [6, 6.07) is 30.1. The highest BCUT2D eigenvalue weighted by atomic mass is 16.5. The van der Waals surface area contributed by atoms with E-state index in [1.807, 2.05) is 60.7 Å². The molecule has 0 amide bonds. The zero-order valence-electron chi connectivity index (χ0n) is 14.3. The first-order chi connectivity index (χ1) is 12.8. The van der Waals surface area contributed by atoms with Crippen LogP contribution in [0.25, 0.3) is 21.9 Å². The van der Waals surface area contributed by atoms with E-state index >= 15 is 0 Å². The van der Waals surface area contributed by atoms with Gasteiger partial charge in [0.15, 0.2) is 6.29 Å². The van der Waals surface area contributed by atoms with Crippen molar-refractivity contribution in [3.8, 4) is 16.9 Å². The summed E-state index contributed by atoms with van der Waals surface area (Å²) in [6.45, 7) is 0.553. The number of ether oxygens (including phenoxy) is 1. The van der Waals surface area contributed by atoms with Crippen molar-refractivity contribution in [3.05, 3.63) is 102 Å². The lowest BCUT2D eigenvalue weighted by Gasteiger charge is -2.10. The van der Waals surface area contributed by atoms with E-state index in [9.17, 15) is 4.79 Å². The van der Waals surface area contributed by atoms with E-state index in [1.165, 1.54) is 0 Å². The Hall–Kier alpha value is -3.39. The fourth-order valence-corrected chi connectivity index (χ4v) is 3.15. The highest BCUT2D eigenvalue weighted by Gasteiger charge is 2.07. The normalized spacial score (nSPS) is 10.6. The van der Waals surface area contributed by atoms with Crippen LogP contribution in [0.5, 0.6) is 5.75 Å². The van der Waals surface area contributed by atoms with Gasteiger partial charge < -0.3 is 4.74 Å². The molecule has 0 aliphatic heterocycles. The molecule has 0 bridgehead atoms. The highest BCUT2D eigenvalue weighted by Crippen LogP contribution is 2.31. The molecule has 26 heavy (non-hydrogen) atoms. The summed E-state index contributed by atoms with van der Waals surface area (Å²) >= 11 is 0. The Morgan fingerprint density at radius 1 is 0.692 bits per heavy atom. The summed E-state index contributed by atoms with van der Waals surface area (Å²) < 4.78 is 5.86. The van der Waals surface area contributed by atoms with Crippen molar-refractivity contribution in [2.24, 2.45) is 0 Å². The summed E-state index contributed by atoms with van der Waals surface area (Å²) in [6.07, 6.45) is 0.909. The van der Waals surface area contributed by atoms with Crippen molar-refractivity contribution in [1.29, 1.82) is 0 Å². The first kappa shape index (κ1) is 16.1. The molecule has 4 aromatic carbocycles. The summed E-state index contributed by atoms with van der Waals surface area (Å²) in [7, 11) is 0. The molecule has 0 saturated carbocycles. The second kappa shape index (κ2) is 7.24. The van der Waals surface area contributed by atoms with Crippen molar-refractivity contribution in [3.63, 3.8) is 0 Å². The average Bonchev–Trinajstić information content (AvgIpc) is 2.72. The molecule has 0 saturated heterocycles.